The van der Waals surface area contributed by atoms with Crippen molar-refractivity contribution in [3.8, 4) is 22.6 Å². The Bertz CT molecular complexity index is 670. The number of nitrogens with two attached hydrogens (primary N) is 2. The molecule has 2 aromatic carbocycles. The highest BCUT2D eigenvalue weighted by Gasteiger charge is 2.19. The van der Waals surface area contributed by atoms with E-state index in [0.717, 1.165) is 30.8 Å². The Hall–Kier alpha value is -2.04. The van der Waals surface area contributed by atoms with Crippen LogP contribution in [-0.2, 0) is 6.42 Å². The fraction of sp³-hybridized carbons (Fsp3) is 0.368. The maximum Gasteiger partial charge on any atom is 0.119 e. The fourth-order valence-electron chi connectivity index (χ4n) is 2.87. The molecule has 0 spiro atoms. The SMILES string of the molecule is NCCCOc1ccc2c(c1)Cc1ccc(OCCCN)cc1-2. The summed E-state index contributed by atoms with van der Waals surface area (Å²) in [7, 11) is 0. The molecule has 4 N–H and O–H groups in total. The third-order valence-electron chi connectivity index (χ3n) is 4.06. The molecule has 1 aliphatic carbocycles. The maximum atomic E-state index is 5.76. The van der Waals surface area contributed by atoms with Crippen LogP contribution in [0.4, 0.5) is 0 Å². The lowest BCUT2D eigenvalue weighted by Crippen LogP contribution is -2.06. The Morgan fingerprint density at radius 2 is 1.39 bits per heavy atom. The van der Waals surface area contributed by atoms with E-state index in [0.29, 0.717) is 26.3 Å². The van der Waals surface area contributed by atoms with Crippen LogP contribution in [-0.4, -0.2) is 26.3 Å². The molecular weight excluding hydrogens is 288 g/mol. The van der Waals surface area contributed by atoms with Crippen LogP contribution in [0.25, 0.3) is 11.1 Å². The van der Waals surface area contributed by atoms with Crippen LogP contribution in [0, 0.1) is 0 Å². The lowest BCUT2D eigenvalue weighted by atomic mass is 10.1. The van der Waals surface area contributed by atoms with E-state index in [1.54, 1.807) is 0 Å². The fourth-order valence-corrected chi connectivity index (χ4v) is 2.87. The Morgan fingerprint density at radius 1 is 0.739 bits per heavy atom. The molecule has 0 fully saturated rings. The van der Waals surface area contributed by atoms with Crippen molar-refractivity contribution in [2.75, 3.05) is 26.3 Å². The molecule has 0 atom stereocenters. The van der Waals surface area contributed by atoms with Crippen molar-refractivity contribution in [3.05, 3.63) is 47.5 Å². The summed E-state index contributed by atoms with van der Waals surface area (Å²) in [6, 6.07) is 12.6. The predicted molar refractivity (Wildman–Crippen MR) is 93.0 cm³/mol. The van der Waals surface area contributed by atoms with Crippen molar-refractivity contribution < 1.29 is 9.47 Å². The van der Waals surface area contributed by atoms with Gasteiger partial charge < -0.3 is 20.9 Å². The molecule has 4 nitrogen and oxygen atoms in total. The lowest BCUT2D eigenvalue weighted by Gasteiger charge is -2.09. The molecule has 4 heteroatoms. The van der Waals surface area contributed by atoms with E-state index in [2.05, 4.69) is 24.3 Å². The van der Waals surface area contributed by atoms with Gasteiger partial charge >= 0.3 is 0 Å². The molecular formula is C19H24N2O2. The van der Waals surface area contributed by atoms with Crippen molar-refractivity contribution in [2.45, 2.75) is 19.3 Å². The van der Waals surface area contributed by atoms with Gasteiger partial charge in [0.1, 0.15) is 11.5 Å². The summed E-state index contributed by atoms with van der Waals surface area (Å²) in [6.07, 6.45) is 2.69. The largest absolute Gasteiger partial charge is 0.494 e. The third kappa shape index (κ3) is 3.66. The van der Waals surface area contributed by atoms with Crippen LogP contribution in [0.2, 0.25) is 0 Å². The highest BCUT2D eigenvalue weighted by Crippen LogP contribution is 2.40. The Labute approximate surface area is 137 Å². The summed E-state index contributed by atoms with van der Waals surface area (Å²) in [5, 5.41) is 0. The van der Waals surface area contributed by atoms with E-state index in [1.165, 1.54) is 22.3 Å². The number of ether oxygens (including phenoxy) is 2. The Kier molecular flexibility index (Phi) is 5.16. The zero-order valence-corrected chi connectivity index (χ0v) is 13.4. The number of hydrogen-bond donors (Lipinski definition) is 2. The van der Waals surface area contributed by atoms with E-state index >= 15 is 0 Å². The van der Waals surface area contributed by atoms with Crippen LogP contribution >= 0.6 is 0 Å². The molecule has 23 heavy (non-hydrogen) atoms. The maximum absolute atomic E-state index is 5.76. The van der Waals surface area contributed by atoms with E-state index in [9.17, 15) is 0 Å². The van der Waals surface area contributed by atoms with E-state index in [-0.39, 0.29) is 0 Å². The van der Waals surface area contributed by atoms with Crippen molar-refractivity contribution in [3.63, 3.8) is 0 Å². The van der Waals surface area contributed by atoms with Crippen LogP contribution in [0.5, 0.6) is 11.5 Å². The lowest BCUT2D eigenvalue weighted by molar-refractivity contribution is 0.313. The second-order valence-electron chi connectivity index (χ2n) is 5.80. The first kappa shape index (κ1) is 15.8. The Balaban J connectivity index is 1.75. The van der Waals surface area contributed by atoms with Gasteiger partial charge in [-0.1, -0.05) is 12.1 Å². The molecule has 122 valence electrons. The van der Waals surface area contributed by atoms with Gasteiger partial charge in [0.15, 0.2) is 0 Å². The second-order valence-corrected chi connectivity index (χ2v) is 5.80. The standard InChI is InChI=1S/C19H24N2O2/c20-7-1-9-22-16-5-6-18-15(12-16)11-14-3-4-17(13-19(14)18)23-10-2-8-21/h3-6,12-13H,1-2,7-11,20-21H2. The van der Waals surface area contributed by atoms with Crippen LogP contribution in [0.15, 0.2) is 36.4 Å². The molecule has 0 saturated heterocycles. The summed E-state index contributed by atoms with van der Waals surface area (Å²) in [5.74, 6) is 1.83. The van der Waals surface area contributed by atoms with Crippen molar-refractivity contribution in [1.29, 1.82) is 0 Å². The molecule has 0 aliphatic heterocycles. The molecule has 0 bridgehead atoms. The highest BCUT2D eigenvalue weighted by molar-refractivity contribution is 5.78. The number of rotatable bonds is 8. The zero-order chi connectivity index (χ0) is 16.1. The van der Waals surface area contributed by atoms with Gasteiger partial charge in [-0.2, -0.15) is 0 Å². The van der Waals surface area contributed by atoms with Gasteiger partial charge in [-0.05, 0) is 78.9 Å². The van der Waals surface area contributed by atoms with Crippen LogP contribution in [0.1, 0.15) is 24.0 Å². The zero-order valence-electron chi connectivity index (χ0n) is 13.4. The molecule has 0 radical (unpaired) electrons. The van der Waals surface area contributed by atoms with Gasteiger partial charge in [-0.15, -0.1) is 0 Å². The minimum absolute atomic E-state index is 0.653. The minimum atomic E-state index is 0.653. The summed E-state index contributed by atoms with van der Waals surface area (Å²) in [4.78, 5) is 0. The first-order valence-electron chi connectivity index (χ1n) is 8.24. The Morgan fingerprint density at radius 3 is 2.09 bits per heavy atom. The first-order chi connectivity index (χ1) is 11.3. The molecule has 0 aromatic heterocycles. The van der Waals surface area contributed by atoms with Gasteiger partial charge in [0.2, 0.25) is 0 Å². The molecule has 1 aliphatic rings. The van der Waals surface area contributed by atoms with Crippen molar-refractivity contribution >= 4 is 0 Å². The van der Waals surface area contributed by atoms with Crippen LogP contribution in [0.3, 0.4) is 0 Å². The summed E-state index contributed by atoms with van der Waals surface area (Å²) in [5.41, 5.74) is 16.2. The highest BCUT2D eigenvalue weighted by atomic mass is 16.5. The van der Waals surface area contributed by atoms with Gasteiger partial charge in [-0.25, -0.2) is 0 Å². The van der Waals surface area contributed by atoms with Crippen LogP contribution < -0.4 is 20.9 Å². The van der Waals surface area contributed by atoms with Gasteiger partial charge in [0.05, 0.1) is 13.2 Å². The van der Waals surface area contributed by atoms with E-state index in [1.807, 2.05) is 12.1 Å². The van der Waals surface area contributed by atoms with Gasteiger partial charge in [0, 0.05) is 0 Å². The number of fused-ring (bicyclic) bond motifs is 3. The molecule has 0 saturated carbocycles. The van der Waals surface area contributed by atoms with Crippen molar-refractivity contribution in [2.24, 2.45) is 11.5 Å². The molecule has 2 aromatic rings. The van der Waals surface area contributed by atoms with Gasteiger partial charge in [-0.3, -0.25) is 0 Å². The van der Waals surface area contributed by atoms with E-state index < -0.39 is 0 Å². The molecule has 0 amide bonds. The average Bonchev–Trinajstić information content (AvgIpc) is 2.92. The molecule has 0 unspecified atom stereocenters. The third-order valence-corrected chi connectivity index (χ3v) is 4.06. The predicted octanol–water partition coefficient (Wildman–Crippen LogP) is 2.71. The topological polar surface area (TPSA) is 70.5 Å². The smallest absolute Gasteiger partial charge is 0.119 e. The second kappa shape index (κ2) is 7.49. The average molecular weight is 312 g/mol. The quantitative estimate of drug-likeness (QED) is 0.627. The minimum Gasteiger partial charge on any atom is -0.494 e. The monoisotopic (exact) mass is 312 g/mol. The summed E-state index contributed by atoms with van der Waals surface area (Å²) >= 11 is 0. The number of hydrogen-bond acceptors (Lipinski definition) is 4. The first-order valence-corrected chi connectivity index (χ1v) is 8.24. The summed E-state index contributed by atoms with van der Waals surface area (Å²) in [6.45, 7) is 2.64. The normalized spacial score (nSPS) is 11.9. The van der Waals surface area contributed by atoms with E-state index in [4.69, 9.17) is 20.9 Å². The molecule has 0 heterocycles. The molecule has 3 rings (SSSR count). The number of benzene rings is 2. The van der Waals surface area contributed by atoms with Gasteiger partial charge in [0.25, 0.3) is 0 Å². The summed E-state index contributed by atoms with van der Waals surface area (Å²) < 4.78 is 11.5. The van der Waals surface area contributed by atoms with Crippen molar-refractivity contribution in [1.82, 2.24) is 0 Å².